The van der Waals surface area contributed by atoms with Gasteiger partial charge in [0.2, 0.25) is 0 Å². The largest absolute Gasteiger partial charge is 0.480 e. The number of nitrogens with one attached hydrogen (secondary N) is 2. The summed E-state index contributed by atoms with van der Waals surface area (Å²) in [6.07, 6.45) is 0.997. The number of urea groups is 1. The van der Waals surface area contributed by atoms with Crippen LogP contribution in [0.2, 0.25) is 0 Å². The molecule has 2 rings (SSSR count). The molecule has 1 saturated carbocycles. The molecule has 0 bridgehead atoms. The number of carboxylic acid groups (broad SMARTS) is 1. The molecule has 1 aliphatic rings. The lowest BCUT2D eigenvalue weighted by Crippen LogP contribution is -2.47. The van der Waals surface area contributed by atoms with Gasteiger partial charge in [-0.3, -0.25) is 0 Å². The molecule has 1 aromatic rings. The van der Waals surface area contributed by atoms with Gasteiger partial charge in [-0.05, 0) is 40.2 Å². The van der Waals surface area contributed by atoms with E-state index < -0.39 is 17.5 Å². The van der Waals surface area contributed by atoms with E-state index in [0.717, 1.165) is 9.35 Å². The Morgan fingerprint density at radius 1 is 1.53 bits per heavy atom. The van der Waals surface area contributed by atoms with Crippen molar-refractivity contribution in [2.45, 2.75) is 24.9 Å². The molecule has 7 heteroatoms. The maximum absolute atomic E-state index is 11.5. The van der Waals surface area contributed by atoms with Gasteiger partial charge in [-0.15, -0.1) is 11.3 Å². The van der Waals surface area contributed by atoms with Crippen molar-refractivity contribution in [3.8, 4) is 0 Å². The van der Waals surface area contributed by atoms with Crippen LogP contribution >= 0.6 is 27.3 Å². The van der Waals surface area contributed by atoms with Gasteiger partial charge in [0.25, 0.3) is 0 Å². The molecule has 0 aromatic carbocycles. The number of halogens is 1. The predicted octanol–water partition coefficient (Wildman–Crippen LogP) is 1.93. The summed E-state index contributed by atoms with van der Waals surface area (Å²) < 4.78 is 0.946. The summed E-state index contributed by atoms with van der Waals surface area (Å²) in [5.41, 5.74) is -1.03. The Morgan fingerprint density at radius 3 is 2.71 bits per heavy atom. The predicted molar refractivity (Wildman–Crippen MR) is 67.0 cm³/mol. The van der Waals surface area contributed by atoms with Crippen LogP contribution in [0, 0.1) is 0 Å². The quantitative estimate of drug-likeness (QED) is 0.793. The summed E-state index contributed by atoms with van der Waals surface area (Å²) in [5, 5.41) is 15.9. The van der Waals surface area contributed by atoms with E-state index in [1.807, 2.05) is 11.4 Å². The second kappa shape index (κ2) is 4.66. The Hall–Kier alpha value is -1.08. The van der Waals surface area contributed by atoms with Crippen molar-refractivity contribution in [2.24, 2.45) is 0 Å². The van der Waals surface area contributed by atoms with E-state index in [1.54, 1.807) is 0 Å². The van der Waals surface area contributed by atoms with Crippen LogP contribution in [0.25, 0.3) is 0 Å². The van der Waals surface area contributed by atoms with Gasteiger partial charge in [0.15, 0.2) is 0 Å². The molecule has 92 valence electrons. The molecule has 2 amide bonds. The zero-order valence-electron chi connectivity index (χ0n) is 8.83. The first-order valence-electron chi connectivity index (χ1n) is 5.05. The Morgan fingerprint density at radius 2 is 2.24 bits per heavy atom. The van der Waals surface area contributed by atoms with E-state index in [4.69, 9.17) is 5.11 Å². The molecule has 0 aliphatic heterocycles. The van der Waals surface area contributed by atoms with Crippen LogP contribution in [-0.2, 0) is 11.3 Å². The fourth-order valence-electron chi connectivity index (χ4n) is 1.39. The molecule has 1 aliphatic carbocycles. The molecule has 17 heavy (non-hydrogen) atoms. The number of aliphatic carboxylic acids is 1. The molecule has 0 unspecified atom stereocenters. The highest BCUT2D eigenvalue weighted by atomic mass is 79.9. The molecular weight excluding hydrogens is 308 g/mol. The number of amides is 2. The monoisotopic (exact) mass is 318 g/mol. The minimum atomic E-state index is -1.03. The standard InChI is InChI=1S/C10H11BrN2O3S/c11-6-1-4-17-7(6)5-12-9(16)13-10(2-3-10)8(14)15/h1,4H,2-3,5H2,(H,14,15)(H2,12,13,16). The van der Waals surface area contributed by atoms with Crippen molar-refractivity contribution in [2.75, 3.05) is 0 Å². The van der Waals surface area contributed by atoms with Gasteiger partial charge in [0, 0.05) is 9.35 Å². The summed E-state index contributed by atoms with van der Waals surface area (Å²) in [6.45, 7) is 0.389. The Kier molecular flexibility index (Phi) is 3.39. The summed E-state index contributed by atoms with van der Waals surface area (Å²) in [4.78, 5) is 23.4. The third-order valence-electron chi connectivity index (χ3n) is 2.61. The van der Waals surface area contributed by atoms with Gasteiger partial charge in [-0.2, -0.15) is 0 Å². The smallest absolute Gasteiger partial charge is 0.329 e. The van der Waals surface area contributed by atoms with Gasteiger partial charge in [-0.1, -0.05) is 0 Å². The zero-order valence-corrected chi connectivity index (χ0v) is 11.2. The van der Waals surface area contributed by atoms with Crippen LogP contribution in [-0.4, -0.2) is 22.6 Å². The molecule has 1 aromatic heterocycles. The zero-order chi connectivity index (χ0) is 12.5. The van der Waals surface area contributed by atoms with E-state index in [0.29, 0.717) is 19.4 Å². The van der Waals surface area contributed by atoms with Crippen LogP contribution in [0.4, 0.5) is 4.79 Å². The second-order valence-electron chi connectivity index (χ2n) is 3.89. The molecular formula is C10H11BrN2O3S. The summed E-state index contributed by atoms with van der Waals surface area (Å²) in [7, 11) is 0. The number of carbonyl (C=O) groups excluding carboxylic acids is 1. The fraction of sp³-hybridized carbons (Fsp3) is 0.400. The lowest BCUT2D eigenvalue weighted by molar-refractivity contribution is -0.140. The summed E-state index contributed by atoms with van der Waals surface area (Å²) in [5.74, 6) is -0.968. The van der Waals surface area contributed by atoms with Crippen LogP contribution in [0.5, 0.6) is 0 Å². The van der Waals surface area contributed by atoms with Crippen molar-refractivity contribution in [1.82, 2.24) is 10.6 Å². The number of hydrogen-bond donors (Lipinski definition) is 3. The average Bonchev–Trinajstić information content (AvgIpc) is 2.93. The first-order chi connectivity index (χ1) is 8.03. The highest BCUT2D eigenvalue weighted by Crippen LogP contribution is 2.35. The van der Waals surface area contributed by atoms with Crippen LogP contribution in [0.1, 0.15) is 17.7 Å². The Labute approximate surface area is 110 Å². The molecule has 0 spiro atoms. The Balaban J connectivity index is 1.83. The van der Waals surface area contributed by atoms with E-state index in [-0.39, 0.29) is 0 Å². The van der Waals surface area contributed by atoms with Crippen LogP contribution in [0.3, 0.4) is 0 Å². The molecule has 0 saturated heterocycles. The summed E-state index contributed by atoms with van der Waals surface area (Å²) in [6, 6.07) is 1.46. The van der Waals surface area contributed by atoms with E-state index in [1.165, 1.54) is 11.3 Å². The number of hydrogen-bond acceptors (Lipinski definition) is 3. The third kappa shape index (κ3) is 2.78. The summed E-state index contributed by atoms with van der Waals surface area (Å²) >= 11 is 4.88. The van der Waals surface area contributed by atoms with E-state index >= 15 is 0 Å². The lowest BCUT2D eigenvalue weighted by atomic mass is 10.3. The van der Waals surface area contributed by atoms with Gasteiger partial charge in [-0.25, -0.2) is 9.59 Å². The number of carbonyl (C=O) groups is 2. The topological polar surface area (TPSA) is 78.4 Å². The van der Waals surface area contributed by atoms with Gasteiger partial charge >= 0.3 is 12.0 Å². The molecule has 5 nitrogen and oxygen atoms in total. The van der Waals surface area contributed by atoms with Crippen LogP contribution in [0.15, 0.2) is 15.9 Å². The number of thiophene rings is 1. The first kappa shape index (κ1) is 12.4. The van der Waals surface area contributed by atoms with Crippen molar-refractivity contribution in [3.63, 3.8) is 0 Å². The van der Waals surface area contributed by atoms with Crippen molar-refractivity contribution >= 4 is 39.3 Å². The second-order valence-corrected chi connectivity index (χ2v) is 5.74. The average molecular weight is 319 g/mol. The SMILES string of the molecule is O=C(NCc1sccc1Br)NC1(C(=O)O)CC1. The molecule has 0 radical (unpaired) electrons. The highest BCUT2D eigenvalue weighted by molar-refractivity contribution is 9.10. The third-order valence-corrected chi connectivity index (χ3v) is 4.54. The highest BCUT2D eigenvalue weighted by Gasteiger charge is 2.51. The van der Waals surface area contributed by atoms with Crippen molar-refractivity contribution in [3.05, 3.63) is 20.8 Å². The molecule has 1 heterocycles. The number of carboxylic acids is 1. The maximum Gasteiger partial charge on any atom is 0.329 e. The van der Waals surface area contributed by atoms with Crippen molar-refractivity contribution < 1.29 is 14.7 Å². The molecule has 1 fully saturated rings. The van der Waals surface area contributed by atoms with Gasteiger partial charge in [0.05, 0.1) is 6.54 Å². The first-order valence-corrected chi connectivity index (χ1v) is 6.72. The minimum absolute atomic E-state index is 0.389. The van der Waals surface area contributed by atoms with Crippen LogP contribution < -0.4 is 10.6 Å². The minimum Gasteiger partial charge on any atom is -0.480 e. The lowest BCUT2D eigenvalue weighted by Gasteiger charge is -2.13. The maximum atomic E-state index is 11.5. The van der Waals surface area contributed by atoms with E-state index in [2.05, 4.69) is 26.6 Å². The fourth-order valence-corrected chi connectivity index (χ4v) is 2.82. The molecule has 3 N–H and O–H groups in total. The molecule has 0 atom stereocenters. The normalized spacial score (nSPS) is 16.3. The number of rotatable bonds is 4. The van der Waals surface area contributed by atoms with Gasteiger partial charge in [0.1, 0.15) is 5.54 Å². The van der Waals surface area contributed by atoms with Crippen molar-refractivity contribution in [1.29, 1.82) is 0 Å². The van der Waals surface area contributed by atoms with E-state index in [9.17, 15) is 9.59 Å². The Bertz CT molecular complexity index is 456. The van der Waals surface area contributed by atoms with Gasteiger partial charge < -0.3 is 15.7 Å².